The van der Waals surface area contributed by atoms with Gasteiger partial charge in [-0.05, 0) is 44.4 Å². The maximum atomic E-state index is 12.3. The Hall–Kier alpha value is -2.30. The number of benzene rings is 2. The van der Waals surface area contributed by atoms with Gasteiger partial charge in [0, 0.05) is 22.5 Å². The van der Waals surface area contributed by atoms with Crippen molar-refractivity contribution >= 4 is 28.5 Å². The third kappa shape index (κ3) is 3.61. The highest BCUT2D eigenvalue weighted by atomic mass is 35.5. The molecule has 0 bridgehead atoms. The number of fused-ring (bicyclic) bond motifs is 1. The molecule has 1 aromatic heterocycles. The second kappa shape index (κ2) is 7.07. The number of rotatable bonds is 5. The van der Waals surface area contributed by atoms with Gasteiger partial charge in [-0.25, -0.2) is 0 Å². The molecular weight excluding hydrogens is 324 g/mol. The Morgan fingerprint density at radius 2 is 1.96 bits per heavy atom. The Labute approximate surface area is 146 Å². The minimum atomic E-state index is -0.152. The molecular formula is C19H19ClN2O2. The molecule has 5 heteroatoms. The molecule has 0 radical (unpaired) electrons. The summed E-state index contributed by atoms with van der Waals surface area (Å²) in [7, 11) is 3.92. The van der Waals surface area contributed by atoms with E-state index >= 15 is 0 Å². The van der Waals surface area contributed by atoms with Crippen LogP contribution in [0.1, 0.15) is 22.2 Å². The zero-order chi connectivity index (χ0) is 17.1. The zero-order valence-corrected chi connectivity index (χ0v) is 14.4. The van der Waals surface area contributed by atoms with Crippen molar-refractivity contribution in [2.24, 2.45) is 0 Å². The molecule has 24 heavy (non-hydrogen) atoms. The Kier molecular flexibility index (Phi) is 4.88. The van der Waals surface area contributed by atoms with E-state index in [1.807, 2.05) is 49.3 Å². The van der Waals surface area contributed by atoms with Crippen molar-refractivity contribution < 1.29 is 9.21 Å². The van der Waals surface area contributed by atoms with Crippen molar-refractivity contribution in [3.63, 3.8) is 0 Å². The number of amides is 1. The first-order chi connectivity index (χ1) is 11.5. The predicted molar refractivity (Wildman–Crippen MR) is 96.4 cm³/mol. The third-order valence-corrected chi connectivity index (χ3v) is 4.17. The lowest BCUT2D eigenvalue weighted by atomic mass is 10.1. The number of hydrogen-bond acceptors (Lipinski definition) is 3. The van der Waals surface area contributed by atoms with Crippen molar-refractivity contribution in [3.05, 3.63) is 70.9 Å². The van der Waals surface area contributed by atoms with E-state index in [2.05, 4.69) is 5.32 Å². The van der Waals surface area contributed by atoms with Crippen molar-refractivity contribution in [1.29, 1.82) is 0 Å². The first kappa shape index (κ1) is 16.6. The van der Waals surface area contributed by atoms with Gasteiger partial charge in [-0.15, -0.1) is 0 Å². The van der Waals surface area contributed by atoms with E-state index in [9.17, 15) is 4.79 Å². The van der Waals surface area contributed by atoms with Crippen molar-refractivity contribution in [2.45, 2.75) is 6.04 Å². The van der Waals surface area contributed by atoms with E-state index in [-0.39, 0.29) is 11.9 Å². The van der Waals surface area contributed by atoms with Gasteiger partial charge in [0.05, 0.1) is 6.04 Å². The summed E-state index contributed by atoms with van der Waals surface area (Å²) in [5.74, 6) is 0.674. The standard InChI is InChI=1S/C19H19ClN2O2/c1-22(2)16(18-11-13-6-3-4-9-17(13)24-18)12-21-19(23)14-7-5-8-15(20)10-14/h3-11,16H,12H2,1-2H3,(H,21,23)/t16-/m0/s1. The van der Waals surface area contributed by atoms with Gasteiger partial charge in [0.15, 0.2) is 0 Å². The van der Waals surface area contributed by atoms with E-state index in [1.165, 1.54) is 0 Å². The van der Waals surface area contributed by atoms with Crippen molar-refractivity contribution in [1.82, 2.24) is 10.2 Å². The molecule has 0 aliphatic heterocycles. The molecule has 0 spiro atoms. The number of nitrogens with zero attached hydrogens (tertiary/aromatic N) is 1. The average Bonchev–Trinajstić information content (AvgIpc) is 2.98. The summed E-state index contributed by atoms with van der Waals surface area (Å²) in [6.07, 6.45) is 0. The summed E-state index contributed by atoms with van der Waals surface area (Å²) in [6, 6.07) is 16.8. The number of para-hydroxylation sites is 1. The molecule has 0 unspecified atom stereocenters. The second-order valence-electron chi connectivity index (χ2n) is 5.89. The highest BCUT2D eigenvalue weighted by molar-refractivity contribution is 6.30. The number of nitrogens with one attached hydrogen (secondary N) is 1. The number of likely N-dealkylation sites (N-methyl/N-ethyl adjacent to an activating group) is 1. The molecule has 1 N–H and O–H groups in total. The number of hydrogen-bond donors (Lipinski definition) is 1. The van der Waals surface area contributed by atoms with Gasteiger partial charge in [-0.3, -0.25) is 9.69 Å². The average molecular weight is 343 g/mol. The van der Waals surface area contributed by atoms with Crippen LogP contribution in [0.2, 0.25) is 5.02 Å². The molecule has 0 aliphatic rings. The van der Waals surface area contributed by atoms with Crippen LogP contribution in [0.4, 0.5) is 0 Å². The second-order valence-corrected chi connectivity index (χ2v) is 6.32. The maximum Gasteiger partial charge on any atom is 0.251 e. The van der Waals surface area contributed by atoms with Crippen LogP contribution < -0.4 is 5.32 Å². The van der Waals surface area contributed by atoms with Crippen LogP contribution in [0.25, 0.3) is 11.0 Å². The SMILES string of the molecule is CN(C)[C@@H](CNC(=O)c1cccc(Cl)c1)c1cc2ccccc2o1. The van der Waals surface area contributed by atoms with Gasteiger partial charge in [-0.2, -0.15) is 0 Å². The summed E-state index contributed by atoms with van der Waals surface area (Å²) < 4.78 is 5.93. The lowest BCUT2D eigenvalue weighted by molar-refractivity contribution is 0.0939. The molecule has 1 heterocycles. The predicted octanol–water partition coefficient (Wildman–Crippen LogP) is 4.12. The Morgan fingerprint density at radius 3 is 2.67 bits per heavy atom. The van der Waals surface area contributed by atoms with Gasteiger partial charge in [-0.1, -0.05) is 35.9 Å². The molecule has 3 aromatic rings. The largest absolute Gasteiger partial charge is 0.459 e. The van der Waals surface area contributed by atoms with Crippen LogP contribution in [0.5, 0.6) is 0 Å². The number of carbonyl (C=O) groups is 1. The fourth-order valence-electron chi connectivity index (χ4n) is 2.63. The van der Waals surface area contributed by atoms with Gasteiger partial charge in [0.1, 0.15) is 11.3 Å². The summed E-state index contributed by atoms with van der Waals surface area (Å²) in [6.45, 7) is 0.443. The highest BCUT2D eigenvalue weighted by Gasteiger charge is 2.20. The molecule has 0 fully saturated rings. The molecule has 4 nitrogen and oxygen atoms in total. The molecule has 1 atom stereocenters. The lowest BCUT2D eigenvalue weighted by Gasteiger charge is -2.22. The minimum Gasteiger partial charge on any atom is -0.459 e. The van der Waals surface area contributed by atoms with E-state index in [0.29, 0.717) is 17.1 Å². The number of halogens is 1. The molecule has 0 aliphatic carbocycles. The van der Waals surface area contributed by atoms with E-state index < -0.39 is 0 Å². The quantitative estimate of drug-likeness (QED) is 0.758. The van der Waals surface area contributed by atoms with Crippen LogP contribution in [-0.4, -0.2) is 31.4 Å². The Morgan fingerprint density at radius 1 is 1.17 bits per heavy atom. The van der Waals surface area contributed by atoms with Crippen LogP contribution in [-0.2, 0) is 0 Å². The lowest BCUT2D eigenvalue weighted by Crippen LogP contribution is -2.34. The number of carbonyl (C=O) groups excluding carboxylic acids is 1. The van der Waals surface area contributed by atoms with E-state index in [0.717, 1.165) is 16.7 Å². The Balaban J connectivity index is 1.76. The van der Waals surface area contributed by atoms with E-state index in [4.69, 9.17) is 16.0 Å². The van der Waals surface area contributed by atoms with Crippen LogP contribution in [0.15, 0.2) is 59.0 Å². The first-order valence-electron chi connectivity index (χ1n) is 7.73. The zero-order valence-electron chi connectivity index (χ0n) is 13.6. The summed E-state index contributed by atoms with van der Waals surface area (Å²) in [4.78, 5) is 14.3. The monoisotopic (exact) mass is 342 g/mol. The van der Waals surface area contributed by atoms with Crippen LogP contribution >= 0.6 is 11.6 Å². The molecule has 2 aromatic carbocycles. The minimum absolute atomic E-state index is 0.0551. The van der Waals surface area contributed by atoms with Gasteiger partial charge in [0.2, 0.25) is 0 Å². The Bertz CT molecular complexity index is 824. The number of furan rings is 1. The van der Waals surface area contributed by atoms with Crippen molar-refractivity contribution in [2.75, 3.05) is 20.6 Å². The molecule has 0 saturated heterocycles. The normalized spacial score (nSPS) is 12.5. The first-order valence-corrected chi connectivity index (χ1v) is 8.11. The summed E-state index contributed by atoms with van der Waals surface area (Å²) in [5.41, 5.74) is 1.39. The molecule has 3 rings (SSSR count). The highest BCUT2D eigenvalue weighted by Crippen LogP contribution is 2.26. The van der Waals surface area contributed by atoms with Gasteiger partial charge < -0.3 is 9.73 Å². The fourth-order valence-corrected chi connectivity index (χ4v) is 2.82. The van der Waals surface area contributed by atoms with Gasteiger partial charge in [0.25, 0.3) is 5.91 Å². The van der Waals surface area contributed by atoms with Crippen LogP contribution in [0.3, 0.4) is 0 Å². The molecule has 124 valence electrons. The van der Waals surface area contributed by atoms with Gasteiger partial charge >= 0.3 is 0 Å². The smallest absolute Gasteiger partial charge is 0.251 e. The summed E-state index contributed by atoms with van der Waals surface area (Å²) in [5, 5.41) is 4.55. The summed E-state index contributed by atoms with van der Waals surface area (Å²) >= 11 is 5.94. The fraction of sp³-hybridized carbons (Fsp3) is 0.211. The van der Waals surface area contributed by atoms with Crippen LogP contribution in [0, 0.1) is 0 Å². The molecule has 0 saturated carbocycles. The molecule has 1 amide bonds. The van der Waals surface area contributed by atoms with Crippen molar-refractivity contribution in [3.8, 4) is 0 Å². The third-order valence-electron chi connectivity index (χ3n) is 3.94. The van der Waals surface area contributed by atoms with E-state index in [1.54, 1.807) is 24.3 Å². The maximum absolute atomic E-state index is 12.3. The topological polar surface area (TPSA) is 45.5 Å².